The summed E-state index contributed by atoms with van der Waals surface area (Å²) in [4.78, 5) is 33.6. The number of rotatable bonds is 10. The van der Waals surface area contributed by atoms with Crippen LogP contribution in [0.5, 0.6) is 5.75 Å². The number of halogens is 4. The average Bonchev–Trinajstić information content (AvgIpc) is 3.31. The van der Waals surface area contributed by atoms with Gasteiger partial charge in [0.05, 0.1) is 48.5 Å². The molecule has 0 spiro atoms. The number of amides is 2. The number of hydrogen-bond acceptors (Lipinski definition) is 7. The van der Waals surface area contributed by atoms with Crippen LogP contribution >= 0.6 is 0 Å². The number of carbonyl (C=O) groups is 2. The normalized spacial score (nSPS) is 28.6. The van der Waals surface area contributed by atoms with Gasteiger partial charge >= 0.3 is 6.18 Å². The lowest BCUT2D eigenvalue weighted by Crippen LogP contribution is -2.48. The molecule has 2 heterocycles. The molecule has 3 aliphatic carbocycles. The topological polar surface area (TPSA) is 107 Å². The number of methoxy groups -OCH3 is 1. The van der Waals surface area contributed by atoms with E-state index in [0.717, 1.165) is 37.3 Å². The zero-order valence-electron chi connectivity index (χ0n) is 25.6. The van der Waals surface area contributed by atoms with Crippen molar-refractivity contribution in [1.29, 1.82) is 0 Å². The van der Waals surface area contributed by atoms with E-state index in [9.17, 15) is 27.2 Å². The zero-order valence-corrected chi connectivity index (χ0v) is 25.6. The fourth-order valence-corrected chi connectivity index (χ4v) is 7.42. The van der Waals surface area contributed by atoms with Crippen LogP contribution in [-0.4, -0.2) is 63.2 Å². The molecule has 5 aliphatic rings. The molecule has 9 nitrogen and oxygen atoms in total. The summed E-state index contributed by atoms with van der Waals surface area (Å²) in [6.45, 7) is 1.38. The maximum Gasteiger partial charge on any atom is 0.419 e. The lowest BCUT2D eigenvalue weighted by Gasteiger charge is -2.30. The third kappa shape index (κ3) is 6.22. The molecule has 2 amide bonds. The molecule has 13 heteroatoms. The largest absolute Gasteiger partial charge is 0.490 e. The number of nitrogens with one attached hydrogen (secondary N) is 2. The average molecular weight is 658 g/mol. The maximum atomic E-state index is 14.1. The van der Waals surface area contributed by atoms with E-state index in [4.69, 9.17) is 19.0 Å². The van der Waals surface area contributed by atoms with Crippen LogP contribution in [0.1, 0.15) is 47.2 Å². The lowest BCUT2D eigenvalue weighted by molar-refractivity contribution is -0.140. The monoisotopic (exact) mass is 657 g/mol. The standard InChI is InChI=1S/C34H35F4N3O6/c1-44-10-11-46-27-9-4-18(30-24-15-45-16-28(24)47-41-30)13-23(27)32(42)40-31-21-7-6-20(22(21)12-17-2-3-17)29(31)33(43)39-19-5-8-26(35)25(14-19)34(36,37)38/h4-5,8-9,12-14,17,20-21,24,28-29,31H,2-3,6-7,10-11,15-16H2,1H3,(H,39,43)(H,40,42)/b22-12-/t20-,21+,24?,28?,29-,31+/m0/s1. The van der Waals surface area contributed by atoms with Gasteiger partial charge in [0.15, 0.2) is 6.10 Å². The second kappa shape index (κ2) is 12.6. The van der Waals surface area contributed by atoms with E-state index in [2.05, 4.69) is 21.9 Å². The van der Waals surface area contributed by atoms with Gasteiger partial charge in [0, 0.05) is 30.3 Å². The Morgan fingerprint density at radius 3 is 2.60 bits per heavy atom. The Hall–Kier alpha value is -3.97. The number of ether oxygens (including phenoxy) is 3. The van der Waals surface area contributed by atoms with E-state index in [1.807, 2.05) is 6.07 Å². The van der Waals surface area contributed by atoms with Crippen molar-refractivity contribution in [3.05, 3.63) is 70.6 Å². The summed E-state index contributed by atoms with van der Waals surface area (Å²) >= 11 is 0. The molecule has 47 heavy (non-hydrogen) atoms. The Balaban J connectivity index is 1.18. The quantitative estimate of drug-likeness (QED) is 0.203. The van der Waals surface area contributed by atoms with E-state index < -0.39 is 41.3 Å². The van der Waals surface area contributed by atoms with Crippen molar-refractivity contribution in [2.24, 2.45) is 34.7 Å². The zero-order chi connectivity index (χ0) is 32.9. The molecule has 1 saturated heterocycles. The molecule has 2 unspecified atom stereocenters. The second-order valence-corrected chi connectivity index (χ2v) is 12.8. The van der Waals surface area contributed by atoms with E-state index in [-0.39, 0.29) is 41.7 Å². The molecular weight excluding hydrogens is 622 g/mol. The number of oxime groups is 1. The van der Waals surface area contributed by atoms with Crippen molar-refractivity contribution in [2.75, 3.05) is 38.9 Å². The first-order valence-electron chi connectivity index (χ1n) is 15.9. The Morgan fingerprint density at radius 2 is 1.83 bits per heavy atom. The highest BCUT2D eigenvalue weighted by Gasteiger charge is 2.55. The van der Waals surface area contributed by atoms with Crippen molar-refractivity contribution < 1.29 is 46.2 Å². The number of benzene rings is 2. The lowest BCUT2D eigenvalue weighted by atomic mass is 9.83. The predicted octanol–water partition coefficient (Wildman–Crippen LogP) is 5.35. The molecule has 4 fully saturated rings. The Bertz CT molecular complexity index is 1620. The van der Waals surface area contributed by atoms with Gasteiger partial charge in [-0.05, 0) is 73.9 Å². The summed E-state index contributed by atoms with van der Waals surface area (Å²) in [5, 5.41) is 9.97. The van der Waals surface area contributed by atoms with Gasteiger partial charge in [-0.2, -0.15) is 13.2 Å². The van der Waals surface area contributed by atoms with Gasteiger partial charge in [-0.3, -0.25) is 9.59 Å². The van der Waals surface area contributed by atoms with E-state index in [0.29, 0.717) is 54.9 Å². The van der Waals surface area contributed by atoms with Crippen molar-refractivity contribution in [1.82, 2.24) is 5.32 Å². The summed E-state index contributed by atoms with van der Waals surface area (Å²) < 4.78 is 70.8. The van der Waals surface area contributed by atoms with Crippen LogP contribution in [0.2, 0.25) is 0 Å². The van der Waals surface area contributed by atoms with Crippen LogP contribution < -0.4 is 15.4 Å². The molecule has 0 aromatic heterocycles. The van der Waals surface area contributed by atoms with Crippen molar-refractivity contribution in [3.8, 4) is 5.75 Å². The van der Waals surface area contributed by atoms with Gasteiger partial charge in [-0.1, -0.05) is 16.8 Å². The molecule has 2 bridgehead atoms. The number of nitrogens with zero attached hydrogens (tertiary/aromatic N) is 1. The second-order valence-electron chi connectivity index (χ2n) is 12.8. The number of allylic oxidation sites excluding steroid dienone is 1. The van der Waals surface area contributed by atoms with Crippen molar-refractivity contribution >= 4 is 23.2 Å². The molecule has 7 rings (SSSR count). The molecule has 2 aliphatic heterocycles. The molecule has 2 aromatic carbocycles. The van der Waals surface area contributed by atoms with E-state index >= 15 is 0 Å². The summed E-state index contributed by atoms with van der Waals surface area (Å²) in [6, 6.07) is 6.97. The van der Waals surface area contributed by atoms with Gasteiger partial charge in [0.2, 0.25) is 5.91 Å². The van der Waals surface area contributed by atoms with Gasteiger partial charge in [0.25, 0.3) is 5.91 Å². The fraction of sp³-hybridized carbons (Fsp3) is 0.500. The Labute approximate surface area is 268 Å². The van der Waals surface area contributed by atoms with Gasteiger partial charge in [-0.25, -0.2) is 4.39 Å². The molecule has 0 radical (unpaired) electrons. The summed E-state index contributed by atoms with van der Waals surface area (Å²) in [5.74, 6) is -2.76. The Kier molecular flexibility index (Phi) is 8.46. The maximum absolute atomic E-state index is 14.1. The molecule has 2 N–H and O–H groups in total. The minimum atomic E-state index is -4.92. The summed E-state index contributed by atoms with van der Waals surface area (Å²) in [7, 11) is 1.54. The predicted molar refractivity (Wildman–Crippen MR) is 161 cm³/mol. The van der Waals surface area contributed by atoms with Crippen LogP contribution in [0, 0.1) is 35.4 Å². The highest BCUT2D eigenvalue weighted by molar-refractivity contribution is 6.06. The van der Waals surface area contributed by atoms with Crippen LogP contribution in [0.4, 0.5) is 23.2 Å². The first kappa shape index (κ1) is 31.6. The molecular formula is C34H35F4N3O6. The molecule has 6 atom stereocenters. The van der Waals surface area contributed by atoms with Crippen LogP contribution in [0.3, 0.4) is 0 Å². The third-order valence-electron chi connectivity index (χ3n) is 9.82. The summed E-state index contributed by atoms with van der Waals surface area (Å²) in [6.07, 6.45) is 0.708. The number of alkyl halides is 3. The molecule has 250 valence electrons. The number of hydrogen-bond donors (Lipinski definition) is 2. The van der Waals surface area contributed by atoms with Crippen molar-refractivity contribution in [2.45, 2.75) is 44.0 Å². The van der Waals surface area contributed by atoms with Crippen LogP contribution in [0.25, 0.3) is 0 Å². The first-order chi connectivity index (χ1) is 22.6. The SMILES string of the molecule is COCCOc1ccc(C2=NOC3COCC23)cc1C(=O)N[C@H]1[C@@H](C(=O)Nc2ccc(F)c(C(F)(F)F)c2)[C@H]2CC[C@@H]1/C2=C\C1CC1. The van der Waals surface area contributed by atoms with Crippen LogP contribution in [0.15, 0.2) is 53.2 Å². The Morgan fingerprint density at radius 1 is 1.02 bits per heavy atom. The minimum Gasteiger partial charge on any atom is -0.490 e. The third-order valence-corrected chi connectivity index (χ3v) is 9.82. The minimum absolute atomic E-state index is 0.0655. The van der Waals surface area contributed by atoms with Crippen molar-refractivity contribution in [3.63, 3.8) is 0 Å². The molecule has 2 aromatic rings. The summed E-state index contributed by atoms with van der Waals surface area (Å²) in [5.41, 5.74) is 1.08. The van der Waals surface area contributed by atoms with E-state index in [1.54, 1.807) is 19.2 Å². The smallest absolute Gasteiger partial charge is 0.419 e. The van der Waals surface area contributed by atoms with Gasteiger partial charge in [0.1, 0.15) is 18.2 Å². The highest BCUT2D eigenvalue weighted by atomic mass is 19.4. The van der Waals surface area contributed by atoms with Gasteiger partial charge in [-0.15, -0.1) is 0 Å². The highest BCUT2D eigenvalue weighted by Crippen LogP contribution is 2.54. The number of fused-ring (bicyclic) bond motifs is 3. The first-order valence-corrected chi connectivity index (χ1v) is 15.9. The van der Waals surface area contributed by atoms with Crippen LogP contribution in [-0.2, 0) is 25.3 Å². The number of anilines is 1. The fourth-order valence-electron chi connectivity index (χ4n) is 7.42. The van der Waals surface area contributed by atoms with E-state index in [1.165, 1.54) is 0 Å². The molecule has 3 saturated carbocycles. The number of carbonyl (C=O) groups excluding carboxylic acids is 2. The van der Waals surface area contributed by atoms with Gasteiger partial charge < -0.3 is 29.7 Å².